The van der Waals surface area contributed by atoms with Gasteiger partial charge in [0.1, 0.15) is 28.8 Å². The molecule has 6 rings (SSSR count). The molecule has 56 heavy (non-hydrogen) atoms. The molecule has 0 spiro atoms. The number of rotatable bonds is 7. The summed E-state index contributed by atoms with van der Waals surface area (Å²) in [5.41, 5.74) is -0.0326. The van der Waals surface area contributed by atoms with Gasteiger partial charge < -0.3 is 29.0 Å². The van der Waals surface area contributed by atoms with Crippen molar-refractivity contribution < 1.29 is 37.4 Å². The quantitative estimate of drug-likeness (QED) is 0.194. The summed E-state index contributed by atoms with van der Waals surface area (Å²) in [7, 11) is 3.01. The summed E-state index contributed by atoms with van der Waals surface area (Å²) in [5, 5.41) is 11.4. The van der Waals surface area contributed by atoms with Gasteiger partial charge in [0.2, 0.25) is 0 Å². The Morgan fingerprint density at radius 2 is 1.68 bits per heavy atom. The Balaban J connectivity index is 1.45. The number of amides is 3. The second kappa shape index (κ2) is 15.1. The number of ether oxygens (including phenoxy) is 3. The van der Waals surface area contributed by atoms with Crippen LogP contribution in [0, 0.1) is 11.6 Å². The number of pyridine rings is 1. The highest BCUT2D eigenvalue weighted by atomic mass is 19.2. The van der Waals surface area contributed by atoms with Gasteiger partial charge in [0.05, 0.1) is 43.8 Å². The van der Waals surface area contributed by atoms with Gasteiger partial charge >= 0.3 is 18.3 Å². The number of methoxy groups -OCH3 is 1. The first-order valence-electron chi connectivity index (χ1n) is 17.7. The first kappa shape index (κ1) is 39.4. The molecular weight excluding hydrogens is 732 g/mol. The van der Waals surface area contributed by atoms with Crippen molar-refractivity contribution in [1.82, 2.24) is 44.8 Å². The van der Waals surface area contributed by atoms with Gasteiger partial charge in [-0.1, -0.05) is 5.21 Å². The molecule has 1 aliphatic heterocycles. The fourth-order valence-corrected chi connectivity index (χ4v) is 6.36. The summed E-state index contributed by atoms with van der Waals surface area (Å²) in [6.45, 7) is 10.9. The number of benzene rings is 1. The van der Waals surface area contributed by atoms with Crippen LogP contribution >= 0.6 is 0 Å². The molecule has 1 aliphatic rings. The highest BCUT2D eigenvalue weighted by molar-refractivity contribution is 6.12. The number of aromatic nitrogens is 8. The van der Waals surface area contributed by atoms with E-state index in [4.69, 9.17) is 14.2 Å². The van der Waals surface area contributed by atoms with Gasteiger partial charge in [-0.05, 0) is 84.2 Å². The molecule has 1 aromatic carbocycles. The number of fused-ring (bicyclic) bond motifs is 1. The number of hydrogen-bond donors (Lipinski definition) is 1. The number of carbonyl (C=O) groups excluding carboxylic acids is 3. The number of alkyl carbamates (subject to hydrolysis) is 1. The number of piperidine rings is 1. The lowest BCUT2D eigenvalue weighted by molar-refractivity contribution is 0.0429. The molecule has 17 nitrogen and oxygen atoms in total. The Morgan fingerprint density at radius 3 is 2.30 bits per heavy atom. The van der Waals surface area contributed by atoms with Gasteiger partial charge in [-0.3, -0.25) is 9.67 Å². The minimum Gasteiger partial charge on any atom is -0.453 e. The maximum atomic E-state index is 14.4. The standard InChI is InChI=1S/C37H43F2N11O6/c1-35(2,3)55-33(52)50(34(53)56-36(4,5)6)31-29-30(41-20-42-31)49(21-43-29)17-23-15-26(22-10-11-24(38)25(39)14-22)40-16-27(23)48-13-9-12-37(19-48,44-32(51)54-8)28-18-47(7)46-45-28/h10-11,14-16,18,20-21H,9,12-13,17,19H2,1-8H3,(H,44,51). The van der Waals surface area contributed by atoms with Gasteiger partial charge in [-0.15, -0.1) is 5.10 Å². The molecule has 19 heteroatoms. The molecule has 5 heterocycles. The predicted octanol–water partition coefficient (Wildman–Crippen LogP) is 5.87. The Morgan fingerprint density at radius 1 is 0.964 bits per heavy atom. The molecule has 1 atom stereocenters. The summed E-state index contributed by atoms with van der Waals surface area (Å²) in [6.07, 6.45) is 4.50. The number of hydrogen-bond acceptors (Lipinski definition) is 13. The van der Waals surface area contributed by atoms with Crippen molar-refractivity contribution >= 4 is 40.9 Å². The Kier molecular flexibility index (Phi) is 10.6. The van der Waals surface area contributed by atoms with Gasteiger partial charge in [0, 0.05) is 25.7 Å². The summed E-state index contributed by atoms with van der Waals surface area (Å²) in [4.78, 5) is 60.3. The fraction of sp³-hybridized carbons (Fsp3) is 0.432. The third-order valence-corrected chi connectivity index (χ3v) is 8.72. The van der Waals surface area contributed by atoms with Crippen molar-refractivity contribution in [3.63, 3.8) is 0 Å². The van der Waals surface area contributed by atoms with E-state index >= 15 is 0 Å². The third kappa shape index (κ3) is 8.50. The Hall–Kier alpha value is -6.27. The first-order valence-corrected chi connectivity index (χ1v) is 17.7. The SMILES string of the molecule is COC(=O)NC1(c2cn(C)nn2)CCCN(c2cnc(-c3ccc(F)c(F)c3)cc2Cn2cnc3c(N(C(=O)OC(C)(C)C)C(=O)OC(C)(C)C)ncnc32)C1. The van der Waals surface area contributed by atoms with Crippen molar-refractivity contribution in [2.75, 3.05) is 30.0 Å². The van der Waals surface area contributed by atoms with Crippen LogP contribution < -0.4 is 15.1 Å². The number of nitrogens with zero attached hydrogens (tertiary/aromatic N) is 10. The van der Waals surface area contributed by atoms with Gasteiger partial charge in [-0.25, -0.2) is 38.1 Å². The van der Waals surface area contributed by atoms with Crippen molar-refractivity contribution in [3.8, 4) is 11.3 Å². The lowest BCUT2D eigenvalue weighted by atomic mass is 9.85. The lowest BCUT2D eigenvalue weighted by Gasteiger charge is -2.43. The van der Waals surface area contributed by atoms with Crippen LogP contribution in [0.15, 0.2) is 49.3 Å². The fourth-order valence-electron chi connectivity index (χ4n) is 6.36. The number of imide groups is 1. The molecule has 5 aromatic rings. The zero-order valence-electron chi connectivity index (χ0n) is 32.3. The summed E-state index contributed by atoms with van der Waals surface area (Å²) in [5.74, 6) is -2.18. The Bertz CT molecular complexity index is 2250. The van der Waals surface area contributed by atoms with Crippen LogP contribution in [0.3, 0.4) is 0 Å². The molecule has 1 N–H and O–H groups in total. The van der Waals surface area contributed by atoms with Crippen LogP contribution in [0.4, 0.5) is 34.7 Å². The molecule has 0 radical (unpaired) electrons. The van der Waals surface area contributed by atoms with E-state index in [1.807, 2.05) is 4.90 Å². The number of carbonyl (C=O) groups is 3. The van der Waals surface area contributed by atoms with Crippen LogP contribution in [-0.4, -0.2) is 89.2 Å². The summed E-state index contributed by atoms with van der Waals surface area (Å²) >= 11 is 0. The van der Waals surface area contributed by atoms with E-state index in [1.54, 1.807) is 76.3 Å². The Labute approximate surface area is 321 Å². The maximum absolute atomic E-state index is 14.4. The van der Waals surface area contributed by atoms with E-state index in [1.165, 1.54) is 25.8 Å². The van der Waals surface area contributed by atoms with Gasteiger partial charge in [-0.2, -0.15) is 4.90 Å². The number of halogens is 2. The second-order valence-electron chi connectivity index (χ2n) is 15.4. The monoisotopic (exact) mass is 775 g/mol. The smallest absolute Gasteiger partial charge is 0.425 e. The van der Waals surface area contributed by atoms with Crippen LogP contribution in [0.2, 0.25) is 0 Å². The third-order valence-electron chi connectivity index (χ3n) is 8.72. The normalized spacial score (nSPS) is 16.1. The van der Waals surface area contributed by atoms with E-state index in [0.717, 1.165) is 12.1 Å². The van der Waals surface area contributed by atoms with E-state index in [2.05, 4.69) is 35.6 Å². The highest BCUT2D eigenvalue weighted by Gasteiger charge is 2.42. The van der Waals surface area contributed by atoms with E-state index < -0.39 is 46.7 Å². The molecule has 1 fully saturated rings. The summed E-state index contributed by atoms with van der Waals surface area (Å²) in [6, 6.07) is 5.27. The molecule has 1 saturated heterocycles. The minimum absolute atomic E-state index is 0.0967. The largest absolute Gasteiger partial charge is 0.453 e. The molecule has 296 valence electrons. The van der Waals surface area contributed by atoms with Crippen LogP contribution in [0.25, 0.3) is 22.4 Å². The summed E-state index contributed by atoms with van der Waals surface area (Å²) < 4.78 is 47.7. The van der Waals surface area contributed by atoms with E-state index in [9.17, 15) is 23.2 Å². The first-order chi connectivity index (χ1) is 26.4. The van der Waals surface area contributed by atoms with E-state index in [0.29, 0.717) is 52.5 Å². The van der Waals surface area contributed by atoms with Crippen molar-refractivity contribution in [1.29, 1.82) is 0 Å². The van der Waals surface area contributed by atoms with Crippen LogP contribution in [0.5, 0.6) is 0 Å². The average Bonchev–Trinajstić information content (AvgIpc) is 3.75. The van der Waals surface area contributed by atoms with Crippen LogP contribution in [0.1, 0.15) is 65.6 Å². The minimum atomic E-state index is -1.03. The molecule has 3 amide bonds. The molecular formula is C37H43F2N11O6. The molecule has 1 unspecified atom stereocenters. The highest BCUT2D eigenvalue weighted by Crippen LogP contribution is 2.36. The van der Waals surface area contributed by atoms with Gasteiger partial charge in [0.15, 0.2) is 28.6 Å². The van der Waals surface area contributed by atoms with Gasteiger partial charge in [0.25, 0.3) is 0 Å². The average molecular weight is 776 g/mol. The predicted molar refractivity (Wildman–Crippen MR) is 199 cm³/mol. The van der Waals surface area contributed by atoms with E-state index in [-0.39, 0.29) is 30.1 Å². The molecule has 0 saturated carbocycles. The molecule has 0 bridgehead atoms. The number of anilines is 2. The van der Waals surface area contributed by atoms with Crippen molar-refractivity contribution in [2.45, 2.75) is 77.7 Å². The van der Waals surface area contributed by atoms with Crippen molar-refractivity contribution in [3.05, 3.63) is 72.2 Å². The maximum Gasteiger partial charge on any atom is 0.425 e. The number of nitrogens with one attached hydrogen (secondary N) is 1. The lowest BCUT2D eigenvalue weighted by Crippen LogP contribution is -2.57. The number of imidazole rings is 1. The zero-order chi connectivity index (χ0) is 40.6. The molecule has 4 aromatic heterocycles. The van der Waals surface area contributed by atoms with Crippen LogP contribution in [-0.2, 0) is 33.3 Å². The second-order valence-corrected chi connectivity index (χ2v) is 15.4. The molecule has 0 aliphatic carbocycles. The topological polar surface area (TPSA) is 185 Å². The zero-order valence-corrected chi connectivity index (χ0v) is 32.3. The van der Waals surface area contributed by atoms with Crippen molar-refractivity contribution in [2.24, 2.45) is 7.05 Å². The number of aryl methyl sites for hydroxylation is 1.